The zero-order valence-electron chi connectivity index (χ0n) is 11.4. The summed E-state index contributed by atoms with van der Waals surface area (Å²) < 4.78 is 5.75. The van der Waals surface area contributed by atoms with Gasteiger partial charge in [0, 0.05) is 31.1 Å². The van der Waals surface area contributed by atoms with Crippen LogP contribution in [0.1, 0.15) is 19.3 Å². The van der Waals surface area contributed by atoms with E-state index >= 15 is 0 Å². The lowest BCUT2D eigenvalue weighted by molar-refractivity contribution is -0.138. The SMILES string of the molecule is O=C(O)CC1CSCCN1C(=O)N1CC2CCC(C1)O2. The summed E-state index contributed by atoms with van der Waals surface area (Å²) in [6.45, 7) is 1.95. The first kappa shape index (κ1) is 14.0. The third-order valence-electron chi connectivity index (χ3n) is 4.20. The minimum Gasteiger partial charge on any atom is -0.481 e. The van der Waals surface area contributed by atoms with Crippen LogP contribution in [0.2, 0.25) is 0 Å². The van der Waals surface area contributed by atoms with Crippen LogP contribution in [0.4, 0.5) is 4.79 Å². The van der Waals surface area contributed by atoms with E-state index in [0.717, 1.165) is 24.3 Å². The van der Waals surface area contributed by atoms with E-state index in [9.17, 15) is 9.59 Å². The average Bonchev–Trinajstić information content (AvgIpc) is 2.76. The summed E-state index contributed by atoms with van der Waals surface area (Å²) in [4.78, 5) is 27.2. The molecule has 3 unspecified atom stereocenters. The van der Waals surface area contributed by atoms with Crippen LogP contribution in [0.15, 0.2) is 0 Å². The number of urea groups is 1. The van der Waals surface area contributed by atoms with Gasteiger partial charge in [-0.2, -0.15) is 11.8 Å². The fourth-order valence-corrected chi connectivity index (χ4v) is 4.29. The highest BCUT2D eigenvalue weighted by Gasteiger charge is 2.39. The summed E-state index contributed by atoms with van der Waals surface area (Å²) in [5, 5.41) is 8.99. The van der Waals surface area contributed by atoms with E-state index in [-0.39, 0.29) is 30.7 Å². The van der Waals surface area contributed by atoms with Gasteiger partial charge in [0.25, 0.3) is 0 Å². The van der Waals surface area contributed by atoms with E-state index in [1.807, 2.05) is 4.90 Å². The lowest BCUT2D eigenvalue weighted by Gasteiger charge is -2.40. The molecule has 112 valence electrons. The Morgan fingerprint density at radius 2 is 1.95 bits per heavy atom. The van der Waals surface area contributed by atoms with Gasteiger partial charge in [0.05, 0.1) is 24.7 Å². The van der Waals surface area contributed by atoms with Crippen LogP contribution < -0.4 is 0 Å². The lowest BCUT2D eigenvalue weighted by Crippen LogP contribution is -2.56. The molecule has 0 aromatic carbocycles. The Bertz CT molecular complexity index is 394. The van der Waals surface area contributed by atoms with Gasteiger partial charge in [-0.3, -0.25) is 4.79 Å². The van der Waals surface area contributed by atoms with Crippen molar-refractivity contribution in [1.29, 1.82) is 0 Å². The number of amides is 2. The third kappa shape index (κ3) is 2.88. The Labute approximate surface area is 122 Å². The summed E-state index contributed by atoms with van der Waals surface area (Å²) in [6, 6.07) is -0.184. The number of carbonyl (C=O) groups is 2. The normalized spacial score (nSPS) is 33.3. The summed E-state index contributed by atoms with van der Waals surface area (Å²) in [5.41, 5.74) is 0. The third-order valence-corrected chi connectivity index (χ3v) is 5.29. The van der Waals surface area contributed by atoms with Crippen molar-refractivity contribution in [2.24, 2.45) is 0 Å². The number of aliphatic carboxylic acids is 1. The lowest BCUT2D eigenvalue weighted by atomic mass is 10.2. The Hall–Kier alpha value is -0.950. The number of ether oxygens (including phenoxy) is 1. The van der Waals surface area contributed by atoms with Crippen LogP contribution in [0.3, 0.4) is 0 Å². The van der Waals surface area contributed by atoms with E-state index in [1.54, 1.807) is 16.7 Å². The van der Waals surface area contributed by atoms with Crippen molar-refractivity contribution in [2.75, 3.05) is 31.1 Å². The molecule has 3 heterocycles. The van der Waals surface area contributed by atoms with E-state index in [0.29, 0.717) is 19.6 Å². The van der Waals surface area contributed by atoms with Crippen LogP contribution in [0.25, 0.3) is 0 Å². The smallest absolute Gasteiger partial charge is 0.320 e. The number of thioether (sulfide) groups is 1. The second kappa shape index (κ2) is 5.81. The molecule has 0 spiro atoms. The second-order valence-electron chi connectivity index (χ2n) is 5.67. The van der Waals surface area contributed by atoms with E-state index in [4.69, 9.17) is 9.84 Å². The molecule has 0 aromatic rings. The van der Waals surface area contributed by atoms with Crippen LogP contribution in [0, 0.1) is 0 Å². The molecule has 2 bridgehead atoms. The Kier molecular flexibility index (Phi) is 4.07. The molecule has 3 atom stereocenters. The van der Waals surface area contributed by atoms with Gasteiger partial charge >= 0.3 is 12.0 Å². The minimum atomic E-state index is -0.836. The highest BCUT2D eigenvalue weighted by molar-refractivity contribution is 7.99. The fraction of sp³-hybridized carbons (Fsp3) is 0.846. The van der Waals surface area contributed by atoms with Crippen LogP contribution >= 0.6 is 11.8 Å². The second-order valence-corrected chi connectivity index (χ2v) is 6.81. The van der Waals surface area contributed by atoms with Crippen molar-refractivity contribution in [1.82, 2.24) is 9.80 Å². The van der Waals surface area contributed by atoms with Gasteiger partial charge < -0.3 is 19.6 Å². The Balaban J connectivity index is 1.66. The monoisotopic (exact) mass is 300 g/mol. The first-order valence-corrected chi connectivity index (χ1v) is 8.29. The minimum absolute atomic E-state index is 0.00301. The molecule has 7 heteroatoms. The molecule has 20 heavy (non-hydrogen) atoms. The molecule has 3 aliphatic rings. The zero-order valence-corrected chi connectivity index (χ0v) is 12.2. The predicted molar refractivity (Wildman–Crippen MR) is 74.9 cm³/mol. The van der Waals surface area contributed by atoms with Crippen molar-refractivity contribution in [3.63, 3.8) is 0 Å². The number of morpholine rings is 1. The molecule has 6 nitrogen and oxygen atoms in total. The molecular formula is C13H20N2O4S. The van der Waals surface area contributed by atoms with Gasteiger partial charge in [0.1, 0.15) is 0 Å². The number of carbonyl (C=O) groups excluding carboxylic acids is 1. The number of likely N-dealkylation sites (tertiary alicyclic amines) is 1. The Morgan fingerprint density at radius 3 is 2.60 bits per heavy atom. The van der Waals surface area contributed by atoms with Gasteiger partial charge in [0.2, 0.25) is 0 Å². The maximum atomic E-state index is 12.7. The van der Waals surface area contributed by atoms with Gasteiger partial charge in [-0.25, -0.2) is 4.79 Å². The molecule has 0 aromatic heterocycles. The summed E-state index contributed by atoms with van der Waals surface area (Å²) in [6.07, 6.45) is 2.45. The first-order valence-electron chi connectivity index (χ1n) is 7.14. The molecule has 3 aliphatic heterocycles. The zero-order chi connectivity index (χ0) is 14.1. The summed E-state index contributed by atoms with van der Waals surface area (Å²) >= 11 is 1.73. The molecule has 0 saturated carbocycles. The highest BCUT2D eigenvalue weighted by atomic mass is 32.2. The number of nitrogens with zero attached hydrogens (tertiary/aromatic N) is 2. The van der Waals surface area contributed by atoms with Crippen molar-refractivity contribution in [3.05, 3.63) is 0 Å². The number of carboxylic acids is 1. The van der Waals surface area contributed by atoms with Crippen molar-refractivity contribution in [3.8, 4) is 0 Å². The van der Waals surface area contributed by atoms with Crippen molar-refractivity contribution >= 4 is 23.8 Å². The molecule has 3 fully saturated rings. The molecule has 3 saturated heterocycles. The summed E-state index contributed by atoms with van der Waals surface area (Å²) in [7, 11) is 0. The van der Waals surface area contributed by atoms with Crippen LogP contribution in [-0.4, -0.2) is 76.3 Å². The van der Waals surface area contributed by atoms with Crippen LogP contribution in [-0.2, 0) is 9.53 Å². The van der Waals surface area contributed by atoms with Gasteiger partial charge in [0.15, 0.2) is 0 Å². The Morgan fingerprint density at radius 1 is 1.25 bits per heavy atom. The van der Waals surface area contributed by atoms with Gasteiger partial charge in [-0.1, -0.05) is 0 Å². The number of rotatable bonds is 2. The van der Waals surface area contributed by atoms with E-state index < -0.39 is 5.97 Å². The fourth-order valence-electron chi connectivity index (χ4n) is 3.23. The van der Waals surface area contributed by atoms with Crippen molar-refractivity contribution in [2.45, 2.75) is 37.5 Å². The topological polar surface area (TPSA) is 70.1 Å². The number of carboxylic acid groups (broad SMARTS) is 1. The van der Waals surface area contributed by atoms with Crippen molar-refractivity contribution < 1.29 is 19.4 Å². The molecule has 0 aliphatic carbocycles. The molecule has 0 radical (unpaired) electrons. The first-order chi connectivity index (χ1) is 9.63. The molecular weight excluding hydrogens is 280 g/mol. The maximum absolute atomic E-state index is 12.7. The predicted octanol–water partition coefficient (Wildman–Crippen LogP) is 0.862. The molecule has 2 amide bonds. The van der Waals surface area contributed by atoms with Gasteiger partial charge in [-0.05, 0) is 12.8 Å². The molecule has 3 rings (SSSR count). The largest absolute Gasteiger partial charge is 0.481 e. The maximum Gasteiger partial charge on any atom is 0.320 e. The standard InChI is InChI=1S/C13H20N2O4S/c16-12(17)5-9-8-20-4-3-15(9)13(18)14-6-10-1-2-11(7-14)19-10/h9-11H,1-8H2,(H,16,17). The van der Waals surface area contributed by atoms with E-state index in [2.05, 4.69) is 0 Å². The highest BCUT2D eigenvalue weighted by Crippen LogP contribution is 2.28. The van der Waals surface area contributed by atoms with E-state index in [1.165, 1.54) is 0 Å². The quantitative estimate of drug-likeness (QED) is 0.819. The average molecular weight is 300 g/mol. The number of hydrogen-bond donors (Lipinski definition) is 1. The molecule has 1 N–H and O–H groups in total. The van der Waals surface area contributed by atoms with Gasteiger partial charge in [-0.15, -0.1) is 0 Å². The number of fused-ring (bicyclic) bond motifs is 2. The summed E-state index contributed by atoms with van der Waals surface area (Å²) in [5.74, 6) is 0.770. The number of hydrogen-bond acceptors (Lipinski definition) is 4. The van der Waals surface area contributed by atoms with Crippen LogP contribution in [0.5, 0.6) is 0 Å².